The molecule has 2 aromatic carbocycles. The second-order valence-corrected chi connectivity index (χ2v) is 8.42. The van der Waals surface area contributed by atoms with Crippen LogP contribution in [0.25, 0.3) is 5.76 Å². The van der Waals surface area contributed by atoms with Gasteiger partial charge in [-0.3, -0.25) is 19.3 Å². The first kappa shape index (κ1) is 21.4. The first-order valence-corrected chi connectivity index (χ1v) is 11.0. The molecular formula is C25H25N3O5. The van der Waals surface area contributed by atoms with E-state index in [1.807, 2.05) is 0 Å². The van der Waals surface area contributed by atoms with Crippen LogP contribution in [-0.4, -0.2) is 78.9 Å². The van der Waals surface area contributed by atoms with Crippen LogP contribution in [-0.2, 0) is 24.7 Å². The summed E-state index contributed by atoms with van der Waals surface area (Å²) in [5.41, 5.74) is -0.368. The van der Waals surface area contributed by atoms with Crippen molar-refractivity contribution in [2.75, 3.05) is 51.3 Å². The Labute approximate surface area is 191 Å². The Hall–Kier alpha value is -3.49. The summed E-state index contributed by atoms with van der Waals surface area (Å²) in [4.78, 5) is 45.6. The fourth-order valence-electron chi connectivity index (χ4n) is 5.08. The standard InChI is InChI=1S/C25H25N3O5/c1-26-19-10-6-5-9-18(19)25(24(26)32)20(21(29)17-7-3-2-4-8-17)22(30)23(31)28(25)12-11-27-13-15-33-16-14-27/h2-10,29H,11-16H2,1H3. The van der Waals surface area contributed by atoms with Gasteiger partial charge >= 0.3 is 0 Å². The monoisotopic (exact) mass is 447 g/mol. The third-order valence-electron chi connectivity index (χ3n) is 6.73. The largest absolute Gasteiger partial charge is 0.507 e. The van der Waals surface area contributed by atoms with Crippen LogP contribution in [0.15, 0.2) is 60.2 Å². The normalized spacial score (nSPS) is 24.7. The second-order valence-electron chi connectivity index (χ2n) is 8.42. The van der Waals surface area contributed by atoms with Gasteiger partial charge in [0.1, 0.15) is 5.76 Å². The molecule has 8 nitrogen and oxygen atoms in total. The van der Waals surface area contributed by atoms with Crippen LogP contribution < -0.4 is 4.90 Å². The number of amides is 2. The molecule has 0 bridgehead atoms. The summed E-state index contributed by atoms with van der Waals surface area (Å²) >= 11 is 0. The zero-order chi connectivity index (χ0) is 23.2. The van der Waals surface area contributed by atoms with E-state index in [0.717, 1.165) is 0 Å². The highest BCUT2D eigenvalue weighted by molar-refractivity contribution is 6.50. The zero-order valence-electron chi connectivity index (χ0n) is 18.4. The molecule has 1 atom stereocenters. The molecule has 2 aromatic rings. The maximum Gasteiger partial charge on any atom is 0.296 e. The Bertz CT molecular complexity index is 1160. The summed E-state index contributed by atoms with van der Waals surface area (Å²) in [6.07, 6.45) is 0. The van der Waals surface area contributed by atoms with Crippen molar-refractivity contribution in [3.05, 3.63) is 71.3 Å². The van der Waals surface area contributed by atoms with Gasteiger partial charge < -0.3 is 19.6 Å². The number of benzene rings is 2. The van der Waals surface area contributed by atoms with Crippen LogP contribution in [0.3, 0.4) is 0 Å². The third-order valence-corrected chi connectivity index (χ3v) is 6.73. The molecule has 33 heavy (non-hydrogen) atoms. The van der Waals surface area contributed by atoms with E-state index in [1.54, 1.807) is 61.6 Å². The average molecular weight is 447 g/mol. The number of aliphatic hydroxyl groups is 1. The van der Waals surface area contributed by atoms with Gasteiger partial charge in [-0.2, -0.15) is 0 Å². The number of morpholine rings is 1. The van der Waals surface area contributed by atoms with Crippen molar-refractivity contribution in [2.24, 2.45) is 0 Å². The van der Waals surface area contributed by atoms with Crippen LogP contribution in [0.5, 0.6) is 0 Å². The Morgan fingerprint density at radius 2 is 1.64 bits per heavy atom. The van der Waals surface area contributed by atoms with Crippen molar-refractivity contribution in [3.63, 3.8) is 0 Å². The minimum absolute atomic E-state index is 0.171. The van der Waals surface area contributed by atoms with E-state index in [9.17, 15) is 19.5 Å². The molecule has 1 spiro atoms. The number of likely N-dealkylation sites (N-methyl/N-ethyl adjacent to an activating group) is 1. The quantitative estimate of drug-likeness (QED) is 0.435. The minimum Gasteiger partial charge on any atom is -0.507 e. The van der Waals surface area contributed by atoms with Gasteiger partial charge in [0.15, 0.2) is 5.54 Å². The number of hydrogen-bond donors (Lipinski definition) is 1. The molecule has 3 aliphatic heterocycles. The molecule has 2 fully saturated rings. The number of ether oxygens (including phenoxy) is 1. The highest BCUT2D eigenvalue weighted by Crippen LogP contribution is 2.53. The Kier molecular flexibility index (Phi) is 5.26. The van der Waals surface area contributed by atoms with Gasteiger partial charge in [0.05, 0.1) is 18.8 Å². The summed E-state index contributed by atoms with van der Waals surface area (Å²) in [5.74, 6) is -2.40. The van der Waals surface area contributed by atoms with E-state index in [0.29, 0.717) is 49.7 Å². The predicted octanol–water partition coefficient (Wildman–Crippen LogP) is 1.57. The molecule has 0 saturated carbocycles. The molecule has 0 aliphatic carbocycles. The first-order chi connectivity index (χ1) is 16.0. The van der Waals surface area contributed by atoms with Crippen molar-refractivity contribution in [2.45, 2.75) is 5.54 Å². The lowest BCUT2D eigenvalue weighted by atomic mass is 9.82. The predicted molar refractivity (Wildman–Crippen MR) is 121 cm³/mol. The number of para-hydroxylation sites is 1. The van der Waals surface area contributed by atoms with Crippen LogP contribution in [0, 0.1) is 0 Å². The molecule has 8 heteroatoms. The minimum atomic E-state index is -1.70. The number of likely N-dealkylation sites (tertiary alicyclic amines) is 1. The van der Waals surface area contributed by atoms with Crippen molar-refractivity contribution < 1.29 is 24.2 Å². The van der Waals surface area contributed by atoms with Crippen molar-refractivity contribution in [3.8, 4) is 0 Å². The summed E-state index contributed by atoms with van der Waals surface area (Å²) in [6, 6.07) is 15.7. The SMILES string of the molecule is CN1C(=O)C2(C(=C(O)c3ccccc3)C(=O)C(=O)N2CCN2CCOCC2)c2ccccc21. The van der Waals surface area contributed by atoms with Crippen LogP contribution >= 0.6 is 0 Å². The van der Waals surface area contributed by atoms with Gasteiger partial charge in [-0.25, -0.2) is 0 Å². The fraction of sp³-hybridized carbons (Fsp3) is 0.320. The van der Waals surface area contributed by atoms with Gasteiger partial charge in [0, 0.05) is 50.0 Å². The molecule has 0 aromatic heterocycles. The second kappa shape index (κ2) is 8.13. The highest BCUT2D eigenvalue weighted by Gasteiger charge is 2.66. The lowest BCUT2D eigenvalue weighted by molar-refractivity contribution is -0.144. The number of carbonyl (C=O) groups excluding carboxylic acids is 3. The van der Waals surface area contributed by atoms with Crippen molar-refractivity contribution >= 4 is 29.0 Å². The van der Waals surface area contributed by atoms with E-state index in [-0.39, 0.29) is 17.9 Å². The highest BCUT2D eigenvalue weighted by atomic mass is 16.5. The van der Waals surface area contributed by atoms with E-state index >= 15 is 0 Å². The molecule has 170 valence electrons. The lowest BCUT2D eigenvalue weighted by Crippen LogP contribution is -2.53. The number of ketones is 1. The van der Waals surface area contributed by atoms with Gasteiger partial charge in [-0.15, -0.1) is 0 Å². The van der Waals surface area contributed by atoms with Crippen molar-refractivity contribution in [1.82, 2.24) is 9.80 Å². The fourth-order valence-corrected chi connectivity index (χ4v) is 5.08. The van der Waals surface area contributed by atoms with E-state index in [2.05, 4.69) is 4.90 Å². The van der Waals surface area contributed by atoms with Gasteiger partial charge in [0.2, 0.25) is 0 Å². The summed E-state index contributed by atoms with van der Waals surface area (Å²) in [7, 11) is 1.63. The van der Waals surface area contributed by atoms with Crippen LogP contribution in [0.2, 0.25) is 0 Å². The maximum atomic E-state index is 13.9. The lowest BCUT2D eigenvalue weighted by Gasteiger charge is -2.36. The number of hydrogen-bond acceptors (Lipinski definition) is 6. The van der Waals surface area contributed by atoms with Crippen molar-refractivity contribution in [1.29, 1.82) is 0 Å². The number of aliphatic hydroxyl groups excluding tert-OH is 1. The Balaban J connectivity index is 1.69. The molecule has 3 aliphatic rings. The molecule has 1 unspecified atom stereocenters. The summed E-state index contributed by atoms with van der Waals surface area (Å²) < 4.78 is 5.40. The third kappa shape index (κ3) is 3.09. The van der Waals surface area contributed by atoms with E-state index in [4.69, 9.17) is 4.74 Å². The first-order valence-electron chi connectivity index (χ1n) is 11.0. The summed E-state index contributed by atoms with van der Waals surface area (Å²) in [5, 5.41) is 11.3. The molecular weight excluding hydrogens is 422 g/mol. The summed E-state index contributed by atoms with van der Waals surface area (Å²) in [6.45, 7) is 3.29. The van der Waals surface area contributed by atoms with Crippen LogP contribution in [0.4, 0.5) is 5.69 Å². The van der Waals surface area contributed by atoms with Gasteiger partial charge in [0.25, 0.3) is 17.6 Å². The maximum absolute atomic E-state index is 13.9. The molecule has 0 radical (unpaired) electrons. The topological polar surface area (TPSA) is 90.4 Å². The average Bonchev–Trinajstić information content (AvgIpc) is 3.22. The number of Topliss-reactive ketones (excluding diaryl/α,β-unsaturated/α-hetero) is 1. The molecule has 2 amide bonds. The molecule has 5 rings (SSSR count). The number of rotatable bonds is 4. The molecule has 2 saturated heterocycles. The smallest absolute Gasteiger partial charge is 0.296 e. The van der Waals surface area contributed by atoms with Gasteiger partial charge in [-0.1, -0.05) is 48.5 Å². The molecule has 1 N–H and O–H groups in total. The number of anilines is 1. The number of nitrogens with zero attached hydrogens (tertiary/aromatic N) is 3. The van der Waals surface area contributed by atoms with E-state index in [1.165, 1.54) is 9.80 Å². The Morgan fingerprint density at radius 3 is 2.36 bits per heavy atom. The van der Waals surface area contributed by atoms with Crippen LogP contribution in [0.1, 0.15) is 11.1 Å². The zero-order valence-corrected chi connectivity index (χ0v) is 18.4. The van der Waals surface area contributed by atoms with Gasteiger partial charge in [-0.05, 0) is 6.07 Å². The Morgan fingerprint density at radius 1 is 0.970 bits per heavy atom. The number of carbonyl (C=O) groups is 3. The van der Waals surface area contributed by atoms with E-state index < -0.39 is 23.1 Å². The number of fused-ring (bicyclic) bond motifs is 2. The molecule has 3 heterocycles.